The Labute approximate surface area is 315 Å². The first-order valence-electron chi connectivity index (χ1n) is 16.5. The van der Waals surface area contributed by atoms with Crippen LogP contribution in [0.4, 0.5) is 21.5 Å². The zero-order valence-corrected chi connectivity index (χ0v) is 33.9. The Bertz CT molecular complexity index is 1740. The molecular weight excluding hydrogens is 781 g/mol. The molecule has 1 fully saturated rings. The van der Waals surface area contributed by atoms with Gasteiger partial charge in [-0.3, -0.25) is 0 Å². The van der Waals surface area contributed by atoms with E-state index in [1.165, 1.54) is 56.9 Å². The zero-order valence-electron chi connectivity index (χ0n) is 29.9. The maximum absolute atomic E-state index is 13.7. The van der Waals surface area contributed by atoms with Crippen LogP contribution in [-0.2, 0) is 29.6 Å². The topological polar surface area (TPSA) is 36.0 Å². The van der Waals surface area contributed by atoms with Gasteiger partial charge in [-0.05, 0) is 63.8 Å². The molecule has 0 atom stereocenters. The SMILES string of the molecule is CC(C)OC(=O)CN(Cc1ccc(F)cc1[CH]=[Ru]([Cl])[Cl])c1ccc(Cl)cc1.Cc1cc(C)c(N2[CH-]N(c3c(C)cc(C)cc3C)CC2)c(C)c1. The number of benzene rings is 4. The number of carbonyl (C=O) groups excluding carboxylic acids is 1. The van der Waals surface area contributed by atoms with E-state index in [9.17, 15) is 9.18 Å². The number of esters is 1. The van der Waals surface area contributed by atoms with Gasteiger partial charge in [0.1, 0.15) is 0 Å². The maximum atomic E-state index is 13.7. The van der Waals surface area contributed by atoms with Gasteiger partial charge in [-0.25, -0.2) is 0 Å². The van der Waals surface area contributed by atoms with Gasteiger partial charge >= 0.3 is 177 Å². The van der Waals surface area contributed by atoms with E-state index >= 15 is 0 Å². The van der Waals surface area contributed by atoms with E-state index in [2.05, 4.69) is 82.3 Å². The molecule has 0 spiro atoms. The van der Waals surface area contributed by atoms with E-state index in [0.717, 1.165) is 24.3 Å². The maximum Gasteiger partial charge on any atom is 0.0146 e. The Morgan fingerprint density at radius 1 is 0.860 bits per heavy atom. The normalized spacial score (nSPS) is 12.9. The molecule has 270 valence electrons. The van der Waals surface area contributed by atoms with Crippen molar-refractivity contribution < 1.29 is 27.4 Å². The third-order valence-corrected chi connectivity index (χ3v) is 10.3. The molecule has 0 radical (unpaired) electrons. The molecule has 0 unspecified atom stereocenters. The van der Waals surface area contributed by atoms with Gasteiger partial charge < -0.3 is 9.80 Å². The van der Waals surface area contributed by atoms with Crippen molar-refractivity contribution >= 4 is 58.6 Å². The molecule has 4 aromatic rings. The van der Waals surface area contributed by atoms with Crippen molar-refractivity contribution in [2.75, 3.05) is 34.3 Å². The van der Waals surface area contributed by atoms with Crippen molar-refractivity contribution in [3.05, 3.63) is 129 Å². The van der Waals surface area contributed by atoms with Crippen LogP contribution in [-0.4, -0.2) is 36.3 Å². The van der Waals surface area contributed by atoms with E-state index in [-0.39, 0.29) is 24.4 Å². The Morgan fingerprint density at radius 3 is 1.82 bits per heavy atom. The first-order valence-corrected chi connectivity index (χ1v) is 22.3. The third-order valence-electron chi connectivity index (χ3n) is 8.24. The first kappa shape index (κ1) is 39.8. The molecule has 0 N–H and O–H groups in total. The van der Waals surface area contributed by atoms with Crippen LogP contribution in [0, 0.1) is 54.0 Å². The predicted molar refractivity (Wildman–Crippen MR) is 207 cm³/mol. The third kappa shape index (κ3) is 11.0. The molecule has 50 heavy (non-hydrogen) atoms. The number of hydrogen-bond acceptors (Lipinski definition) is 5. The van der Waals surface area contributed by atoms with Gasteiger partial charge in [0.15, 0.2) is 0 Å². The summed E-state index contributed by atoms with van der Waals surface area (Å²) >= 11 is 3.83. The molecule has 10 heteroatoms. The Kier molecular flexibility index (Phi) is 14.3. The molecule has 0 aliphatic carbocycles. The first-order chi connectivity index (χ1) is 23.6. The monoisotopic (exact) mass is 826 g/mol. The van der Waals surface area contributed by atoms with E-state index in [1.807, 2.05) is 17.0 Å². The average molecular weight is 827 g/mol. The molecule has 5 nitrogen and oxygen atoms in total. The Hall–Kier alpha value is -2.96. The second-order valence-electron chi connectivity index (χ2n) is 13.0. The molecule has 0 amide bonds. The number of hydrogen-bond donors (Lipinski definition) is 0. The summed E-state index contributed by atoms with van der Waals surface area (Å²) in [5, 5.41) is 0.595. The molecule has 1 heterocycles. The largest absolute Gasteiger partial charge is 0.502 e. The van der Waals surface area contributed by atoms with Crippen LogP contribution in [0.25, 0.3) is 0 Å². The summed E-state index contributed by atoms with van der Waals surface area (Å²) in [5.74, 6) is -0.721. The van der Waals surface area contributed by atoms with Crippen molar-refractivity contribution in [2.24, 2.45) is 0 Å². The van der Waals surface area contributed by atoms with E-state index in [1.54, 1.807) is 36.7 Å². The summed E-state index contributed by atoms with van der Waals surface area (Å²) < 4.78 is 20.6. The molecule has 1 aliphatic rings. The number of nitrogens with zero attached hydrogens (tertiary/aromatic N) is 3. The number of carbonyl (C=O) groups is 1. The fourth-order valence-corrected chi connectivity index (χ4v) is 8.51. The van der Waals surface area contributed by atoms with Gasteiger partial charge in [-0.15, -0.1) is 0 Å². The second-order valence-corrected chi connectivity index (χ2v) is 19.2. The van der Waals surface area contributed by atoms with Crippen molar-refractivity contribution in [3.8, 4) is 0 Å². The van der Waals surface area contributed by atoms with Gasteiger partial charge in [-0.1, -0.05) is 35.4 Å². The Morgan fingerprint density at radius 2 is 1.36 bits per heavy atom. The molecule has 1 aliphatic heterocycles. The van der Waals surface area contributed by atoms with E-state index in [0.29, 0.717) is 17.1 Å². The minimum atomic E-state index is -2.14. The van der Waals surface area contributed by atoms with Gasteiger partial charge in [0, 0.05) is 24.5 Å². The molecule has 0 bridgehead atoms. The van der Waals surface area contributed by atoms with Gasteiger partial charge in [0.2, 0.25) is 0 Å². The number of anilines is 3. The summed E-state index contributed by atoms with van der Waals surface area (Å²) in [4.78, 5) is 18.9. The molecule has 1 saturated heterocycles. The number of aryl methyl sites for hydroxylation is 6. The quantitative estimate of drug-likeness (QED) is 0.0954. The predicted octanol–water partition coefficient (Wildman–Crippen LogP) is 10.5. The summed E-state index contributed by atoms with van der Waals surface area (Å²) in [6.07, 6.45) is -0.210. The smallest absolute Gasteiger partial charge is 0.0146 e. The second kappa shape index (κ2) is 18.0. The van der Waals surface area contributed by atoms with Crippen molar-refractivity contribution in [2.45, 2.75) is 68.0 Å². The van der Waals surface area contributed by atoms with Crippen LogP contribution < -0.4 is 14.7 Å². The van der Waals surface area contributed by atoms with Crippen LogP contribution in [0.2, 0.25) is 5.02 Å². The van der Waals surface area contributed by atoms with Crippen LogP contribution in [0.3, 0.4) is 0 Å². The molecule has 0 aromatic heterocycles. The van der Waals surface area contributed by atoms with Gasteiger partial charge in [0.25, 0.3) is 0 Å². The van der Waals surface area contributed by atoms with E-state index < -0.39 is 13.5 Å². The number of halogens is 4. The molecular formula is C40H46Cl3FN3O2Ru-. The molecule has 4 aromatic carbocycles. The number of ether oxygens (including phenoxy) is 1. The molecule has 5 rings (SSSR count). The van der Waals surface area contributed by atoms with Gasteiger partial charge in [0.05, 0.1) is 0 Å². The average Bonchev–Trinajstić information content (AvgIpc) is 3.46. The van der Waals surface area contributed by atoms with Crippen LogP contribution in [0.5, 0.6) is 0 Å². The standard InChI is InChI=1S/C21H27N2.C19H19ClFNO2.2ClH.Ru/c1-14-9-16(3)20(17(4)10-14)22-7-8-23(13-22)21-18(5)11-15(2)12-19(21)6;1-13(2)24-19(23)12-22(18-8-5-16(20)6-9-18)11-15-4-7-17(21)10-14(15)3;;;/h9-13H,7-8H2,1-6H3;3-10,13H,11-12H2,1-2H3;2*1H;/q-1;;;;+2/p-2. The zero-order chi connectivity index (χ0) is 36.7. The minimum Gasteiger partial charge on any atom is -0.502 e. The van der Waals surface area contributed by atoms with Crippen LogP contribution >= 0.6 is 31.0 Å². The van der Waals surface area contributed by atoms with E-state index in [4.69, 9.17) is 35.7 Å². The molecule has 0 saturated carbocycles. The summed E-state index contributed by atoms with van der Waals surface area (Å²) in [6.45, 7) is 21.6. The fourth-order valence-electron chi connectivity index (χ4n) is 6.53. The van der Waals surface area contributed by atoms with Crippen molar-refractivity contribution in [3.63, 3.8) is 0 Å². The summed E-state index contributed by atoms with van der Waals surface area (Å²) in [6, 6.07) is 20.7. The Balaban J connectivity index is 0.000000227. The van der Waals surface area contributed by atoms with Crippen molar-refractivity contribution in [1.29, 1.82) is 0 Å². The summed E-state index contributed by atoms with van der Waals surface area (Å²) in [5.41, 5.74) is 13.1. The minimum absolute atomic E-state index is 0.0413. The van der Waals surface area contributed by atoms with Crippen LogP contribution in [0.1, 0.15) is 58.4 Å². The van der Waals surface area contributed by atoms with Gasteiger partial charge in [-0.2, -0.15) is 6.67 Å². The van der Waals surface area contributed by atoms with Crippen LogP contribution in [0.15, 0.2) is 66.7 Å². The summed E-state index contributed by atoms with van der Waals surface area (Å²) in [7, 11) is 12.0. The fraction of sp³-hybridized carbons (Fsp3) is 0.325. The van der Waals surface area contributed by atoms with Crippen molar-refractivity contribution in [1.82, 2.24) is 0 Å². The number of rotatable bonds is 9.